The minimum Gasteiger partial charge on any atom is -0.392 e. The van der Waals surface area contributed by atoms with Crippen LogP contribution in [0.2, 0.25) is 0 Å². The molecule has 5 heteroatoms. The molecule has 0 unspecified atom stereocenters. The van der Waals surface area contributed by atoms with Crippen LogP contribution in [0.25, 0.3) is 0 Å². The molecule has 0 saturated carbocycles. The van der Waals surface area contributed by atoms with Crippen molar-refractivity contribution in [3.05, 3.63) is 23.5 Å². The minimum absolute atomic E-state index is 0.0590. The van der Waals surface area contributed by atoms with E-state index >= 15 is 0 Å². The summed E-state index contributed by atoms with van der Waals surface area (Å²) in [5, 5.41) is 9.45. The molecule has 0 spiro atoms. The molecule has 1 fully saturated rings. The molecule has 1 aliphatic rings. The van der Waals surface area contributed by atoms with Crippen LogP contribution in [0.4, 0.5) is 5.69 Å². The third-order valence-corrected chi connectivity index (χ3v) is 3.85. The van der Waals surface area contributed by atoms with Crippen LogP contribution in [0.15, 0.2) is 12.3 Å². The highest BCUT2D eigenvalue weighted by molar-refractivity contribution is 5.53. The van der Waals surface area contributed by atoms with Crippen molar-refractivity contribution < 1.29 is 5.11 Å². The van der Waals surface area contributed by atoms with Gasteiger partial charge in [-0.2, -0.15) is 0 Å². The van der Waals surface area contributed by atoms with Gasteiger partial charge in [0.1, 0.15) is 0 Å². The Bertz CT molecular complexity index is 428. The number of aliphatic hydroxyl groups excluding tert-OH is 1. The molecular weight excluding hydrogens is 252 g/mol. The minimum atomic E-state index is 0.0590. The Balaban J connectivity index is 1.95. The molecule has 0 atom stereocenters. The number of likely N-dealkylation sites (N-methyl/N-ethyl adjacent to an activating group) is 1. The Morgan fingerprint density at radius 2 is 1.95 bits per heavy atom. The van der Waals surface area contributed by atoms with E-state index in [-0.39, 0.29) is 6.61 Å². The van der Waals surface area contributed by atoms with Crippen molar-refractivity contribution in [3.63, 3.8) is 0 Å². The van der Waals surface area contributed by atoms with Gasteiger partial charge in [0.15, 0.2) is 0 Å². The Labute approximate surface area is 121 Å². The summed E-state index contributed by atoms with van der Waals surface area (Å²) in [6, 6.07) is 2.08. The van der Waals surface area contributed by atoms with Gasteiger partial charge < -0.3 is 14.9 Å². The summed E-state index contributed by atoms with van der Waals surface area (Å²) < 4.78 is 0. The van der Waals surface area contributed by atoms with E-state index in [1.807, 2.05) is 6.92 Å². The summed E-state index contributed by atoms with van der Waals surface area (Å²) in [5.41, 5.74) is 3.08. The van der Waals surface area contributed by atoms with Crippen LogP contribution in [0.3, 0.4) is 0 Å². The van der Waals surface area contributed by atoms with Crippen LogP contribution < -0.4 is 4.90 Å². The van der Waals surface area contributed by atoms with Gasteiger partial charge in [0, 0.05) is 62.4 Å². The van der Waals surface area contributed by atoms with E-state index in [1.165, 1.54) is 0 Å². The van der Waals surface area contributed by atoms with Crippen molar-refractivity contribution in [3.8, 4) is 0 Å². The number of pyridine rings is 1. The summed E-state index contributed by atoms with van der Waals surface area (Å²) in [4.78, 5) is 11.4. The van der Waals surface area contributed by atoms with Crippen LogP contribution in [0, 0.1) is 6.92 Å². The zero-order valence-electron chi connectivity index (χ0n) is 12.8. The maximum absolute atomic E-state index is 9.45. The van der Waals surface area contributed by atoms with Gasteiger partial charge in [0.25, 0.3) is 0 Å². The molecule has 0 aliphatic carbocycles. The second-order valence-corrected chi connectivity index (χ2v) is 5.74. The molecule has 1 saturated heterocycles. The van der Waals surface area contributed by atoms with Crippen molar-refractivity contribution in [2.75, 3.05) is 58.3 Å². The van der Waals surface area contributed by atoms with Crippen LogP contribution in [-0.2, 0) is 6.61 Å². The number of piperazine rings is 1. The zero-order valence-corrected chi connectivity index (χ0v) is 12.8. The number of aromatic nitrogens is 1. The number of aryl methyl sites for hydroxylation is 1. The highest BCUT2D eigenvalue weighted by Crippen LogP contribution is 2.22. The molecule has 112 valence electrons. The van der Waals surface area contributed by atoms with Gasteiger partial charge in [-0.1, -0.05) is 0 Å². The summed E-state index contributed by atoms with van der Waals surface area (Å²) >= 11 is 0. The SMILES string of the molecule is Cc1cc(N2CCN(CCN(C)C)CC2)c(CO)cn1. The molecule has 1 aliphatic heterocycles. The van der Waals surface area contributed by atoms with E-state index in [9.17, 15) is 5.11 Å². The van der Waals surface area contributed by atoms with E-state index in [1.54, 1.807) is 6.20 Å². The fraction of sp³-hybridized carbons (Fsp3) is 0.667. The van der Waals surface area contributed by atoms with E-state index in [2.05, 4.69) is 39.8 Å². The molecule has 20 heavy (non-hydrogen) atoms. The van der Waals surface area contributed by atoms with Gasteiger partial charge in [-0.25, -0.2) is 0 Å². The van der Waals surface area contributed by atoms with Crippen molar-refractivity contribution in [2.24, 2.45) is 0 Å². The lowest BCUT2D eigenvalue weighted by atomic mass is 10.1. The zero-order chi connectivity index (χ0) is 14.5. The fourth-order valence-electron chi connectivity index (χ4n) is 2.54. The molecule has 0 amide bonds. The first-order chi connectivity index (χ1) is 9.60. The second-order valence-electron chi connectivity index (χ2n) is 5.74. The first-order valence-electron chi connectivity index (χ1n) is 7.28. The number of nitrogens with zero attached hydrogens (tertiary/aromatic N) is 4. The maximum atomic E-state index is 9.45. The van der Waals surface area contributed by atoms with E-state index in [0.29, 0.717) is 0 Å². The second kappa shape index (κ2) is 7.02. The summed E-state index contributed by atoms with van der Waals surface area (Å²) in [7, 11) is 4.23. The van der Waals surface area contributed by atoms with Crippen LogP contribution >= 0.6 is 0 Å². The molecule has 0 bridgehead atoms. The normalized spacial score (nSPS) is 16.9. The number of aliphatic hydroxyl groups is 1. The summed E-state index contributed by atoms with van der Waals surface area (Å²) in [5.74, 6) is 0. The lowest BCUT2D eigenvalue weighted by Gasteiger charge is -2.37. The van der Waals surface area contributed by atoms with Crippen LogP contribution in [0.5, 0.6) is 0 Å². The average Bonchev–Trinajstić information content (AvgIpc) is 2.45. The third kappa shape index (κ3) is 3.91. The molecule has 5 nitrogen and oxygen atoms in total. The molecular formula is C15H26N4O. The monoisotopic (exact) mass is 278 g/mol. The van der Waals surface area contributed by atoms with E-state index in [4.69, 9.17) is 0 Å². The van der Waals surface area contributed by atoms with Crippen molar-refractivity contribution in [1.82, 2.24) is 14.8 Å². The largest absolute Gasteiger partial charge is 0.392 e. The van der Waals surface area contributed by atoms with Crippen molar-refractivity contribution in [2.45, 2.75) is 13.5 Å². The molecule has 1 N–H and O–H groups in total. The molecule has 0 radical (unpaired) electrons. The lowest BCUT2D eigenvalue weighted by molar-refractivity contribution is 0.229. The van der Waals surface area contributed by atoms with Crippen LogP contribution in [-0.4, -0.2) is 73.3 Å². The fourth-order valence-corrected chi connectivity index (χ4v) is 2.54. The van der Waals surface area contributed by atoms with E-state index < -0.39 is 0 Å². The third-order valence-electron chi connectivity index (χ3n) is 3.85. The average molecular weight is 278 g/mol. The predicted octanol–water partition coefficient (Wildman–Crippen LogP) is 0.566. The quantitative estimate of drug-likeness (QED) is 0.853. The lowest BCUT2D eigenvalue weighted by Crippen LogP contribution is -2.48. The molecule has 2 heterocycles. The van der Waals surface area contributed by atoms with Gasteiger partial charge >= 0.3 is 0 Å². The van der Waals surface area contributed by atoms with Gasteiger partial charge in [-0.3, -0.25) is 9.88 Å². The van der Waals surface area contributed by atoms with E-state index in [0.717, 1.165) is 56.2 Å². The van der Waals surface area contributed by atoms with Crippen molar-refractivity contribution in [1.29, 1.82) is 0 Å². The van der Waals surface area contributed by atoms with Gasteiger partial charge in [-0.15, -0.1) is 0 Å². The molecule has 2 rings (SSSR count). The smallest absolute Gasteiger partial charge is 0.0717 e. The topological polar surface area (TPSA) is 42.8 Å². The first kappa shape index (κ1) is 15.2. The maximum Gasteiger partial charge on any atom is 0.0717 e. The van der Waals surface area contributed by atoms with Gasteiger partial charge in [0.05, 0.1) is 6.61 Å². The first-order valence-corrected chi connectivity index (χ1v) is 7.28. The predicted molar refractivity (Wildman–Crippen MR) is 82.1 cm³/mol. The van der Waals surface area contributed by atoms with Gasteiger partial charge in [-0.05, 0) is 27.1 Å². The Morgan fingerprint density at radius 3 is 2.55 bits per heavy atom. The highest BCUT2D eigenvalue weighted by atomic mass is 16.3. The molecule has 1 aromatic heterocycles. The Kier molecular flexibility index (Phi) is 5.34. The standard InChI is InChI=1S/C15H26N4O/c1-13-10-15(14(12-20)11-16-13)19-8-6-18(7-9-19)5-4-17(2)3/h10-11,20H,4-9,12H2,1-3H3. The highest BCUT2D eigenvalue weighted by Gasteiger charge is 2.19. The Hall–Kier alpha value is -1.17. The Morgan fingerprint density at radius 1 is 1.25 bits per heavy atom. The molecule has 1 aromatic rings. The van der Waals surface area contributed by atoms with Crippen molar-refractivity contribution >= 4 is 5.69 Å². The summed E-state index contributed by atoms with van der Waals surface area (Å²) in [6.45, 7) is 8.49. The number of hydrogen-bond acceptors (Lipinski definition) is 5. The number of rotatable bonds is 5. The van der Waals surface area contributed by atoms with Crippen LogP contribution in [0.1, 0.15) is 11.3 Å². The number of hydrogen-bond donors (Lipinski definition) is 1. The molecule has 0 aromatic carbocycles. The van der Waals surface area contributed by atoms with Gasteiger partial charge in [0.2, 0.25) is 0 Å². The number of anilines is 1. The summed E-state index contributed by atoms with van der Waals surface area (Å²) in [6.07, 6.45) is 1.79.